The van der Waals surface area contributed by atoms with Crippen molar-refractivity contribution in [3.63, 3.8) is 0 Å². The quantitative estimate of drug-likeness (QED) is 0.211. The number of carbonyl (C=O) groups is 2. The number of hydrogen-bond donors (Lipinski definition) is 7. The van der Waals surface area contributed by atoms with Crippen LogP contribution in [0.25, 0.3) is 0 Å². The van der Waals surface area contributed by atoms with Crippen LogP contribution in [0.5, 0.6) is 5.75 Å². The number of ether oxygens (including phenoxy) is 2. The Morgan fingerprint density at radius 1 is 1.14 bits per heavy atom. The largest absolute Gasteiger partial charge is 0.511 e. The first-order valence-electron chi connectivity index (χ1n) is 17.3. The lowest BCUT2D eigenvalue weighted by molar-refractivity contribution is -0.320. The molecule has 6 aliphatic heterocycles. The zero-order valence-electron chi connectivity index (χ0n) is 27.4. The molecule has 10 atom stereocenters. The SMILES string of the molecule is CC1=CC2C(=O)c3cccc4c3C(=O)C2(CSSC2CC3=CC5CCCC5(CC5(O)C(O)C(CO)OC(O4)C5O)C4=CCNC(=C34)N2)C(O)=C1. The zero-order chi connectivity index (χ0) is 34.7. The van der Waals surface area contributed by atoms with Gasteiger partial charge in [0.05, 0.1) is 23.5 Å². The average molecular weight is 721 g/mol. The number of Topliss-reactive ketones (excluding diaryl/α,β-unsaturated/α-hetero) is 2. The van der Waals surface area contributed by atoms with Gasteiger partial charge in [0.25, 0.3) is 0 Å². The summed E-state index contributed by atoms with van der Waals surface area (Å²) in [6.45, 7) is 1.66. The highest BCUT2D eigenvalue weighted by Gasteiger charge is 2.63. The fourth-order valence-electron chi connectivity index (χ4n) is 9.99. The van der Waals surface area contributed by atoms with Gasteiger partial charge in [0.2, 0.25) is 6.29 Å². The molecule has 7 N–H and O–H groups in total. The lowest BCUT2D eigenvalue weighted by Gasteiger charge is -2.54. The van der Waals surface area contributed by atoms with Crippen molar-refractivity contribution < 1.29 is 44.6 Å². The van der Waals surface area contributed by atoms with Crippen molar-refractivity contribution >= 4 is 33.2 Å². The van der Waals surface area contributed by atoms with E-state index in [2.05, 4.69) is 22.8 Å². The van der Waals surface area contributed by atoms with Gasteiger partial charge in [-0.1, -0.05) is 63.9 Å². The van der Waals surface area contributed by atoms with E-state index in [0.717, 1.165) is 36.2 Å². The topological polar surface area (TPSA) is 178 Å². The Morgan fingerprint density at radius 2 is 1.98 bits per heavy atom. The van der Waals surface area contributed by atoms with Gasteiger partial charge >= 0.3 is 0 Å². The standard InChI is InChI=1S/C37H40N2O9S2/c1-17-10-22-29(42)20-5-2-6-23-28(20)31(44)36(22,25(41)11-17)16-49-50-26-13-18-12-19-4-3-8-35(19,21-7-9-38-33(39-26)27(18)21)15-37(46)30(43)24(14-40)48-34(47-23)32(37)45/h2,5-7,10-12,19,22,24,26,30,32,34,38-41,43,45-46H,3-4,8-9,13-16H2,1H3. The summed E-state index contributed by atoms with van der Waals surface area (Å²) in [7, 11) is 3.00. The first-order valence-corrected chi connectivity index (χ1v) is 19.7. The maximum atomic E-state index is 14.9. The molecule has 1 saturated heterocycles. The normalized spacial score (nSPS) is 41.7. The second kappa shape index (κ2) is 11.5. The van der Waals surface area contributed by atoms with E-state index in [1.165, 1.54) is 28.5 Å². The summed E-state index contributed by atoms with van der Waals surface area (Å²) in [5.41, 5.74) is -0.368. The Bertz CT molecular complexity index is 1870. The maximum Gasteiger partial charge on any atom is 0.229 e. The average Bonchev–Trinajstić information content (AvgIpc) is 3.51. The van der Waals surface area contributed by atoms with E-state index < -0.39 is 59.3 Å². The van der Waals surface area contributed by atoms with Crippen LogP contribution >= 0.6 is 21.6 Å². The van der Waals surface area contributed by atoms with Crippen LogP contribution in [0.2, 0.25) is 0 Å². The molecule has 0 aromatic heterocycles. The van der Waals surface area contributed by atoms with Crippen molar-refractivity contribution in [2.45, 2.75) is 74.6 Å². The molecule has 1 saturated carbocycles. The monoisotopic (exact) mass is 720 g/mol. The third kappa shape index (κ3) is 4.37. The molecule has 264 valence electrons. The number of aliphatic hydroxyl groups is 5. The summed E-state index contributed by atoms with van der Waals surface area (Å²) < 4.78 is 12.2. The molecule has 0 amide bonds. The van der Waals surface area contributed by atoms with Crippen molar-refractivity contribution in [2.75, 3.05) is 18.9 Å². The summed E-state index contributed by atoms with van der Waals surface area (Å²) in [5.74, 6) is -1.05. The van der Waals surface area contributed by atoms with Crippen molar-refractivity contribution in [3.8, 4) is 5.75 Å². The minimum atomic E-state index is -2.19. The molecule has 13 heteroatoms. The number of benzene rings is 1. The van der Waals surface area contributed by atoms with Crippen molar-refractivity contribution in [3.05, 3.63) is 87.5 Å². The van der Waals surface area contributed by atoms with E-state index >= 15 is 0 Å². The van der Waals surface area contributed by atoms with E-state index in [0.29, 0.717) is 18.5 Å². The molecule has 10 aliphatic rings. The predicted octanol–water partition coefficient (Wildman–Crippen LogP) is 3.19. The van der Waals surface area contributed by atoms with Crippen molar-refractivity contribution in [1.82, 2.24) is 10.6 Å². The number of ketones is 2. The Hall–Kier alpha value is -3.04. The van der Waals surface area contributed by atoms with Crippen LogP contribution in [-0.2, 0) is 4.74 Å². The number of aliphatic hydroxyl groups excluding tert-OH is 4. The first kappa shape index (κ1) is 32.8. The number of carbonyl (C=O) groups excluding carboxylic acids is 2. The molecule has 50 heavy (non-hydrogen) atoms. The van der Waals surface area contributed by atoms with Crippen molar-refractivity contribution in [1.29, 1.82) is 0 Å². The van der Waals surface area contributed by atoms with Gasteiger partial charge in [0.1, 0.15) is 46.7 Å². The molecule has 1 aromatic rings. The second-order valence-electron chi connectivity index (χ2n) is 15.0. The van der Waals surface area contributed by atoms with E-state index in [9.17, 15) is 35.1 Å². The number of dihydropyridines is 1. The number of allylic oxidation sites excluding steroid dienone is 7. The van der Waals surface area contributed by atoms with Crippen LogP contribution in [0, 0.1) is 22.7 Å². The highest BCUT2D eigenvalue weighted by molar-refractivity contribution is 8.76. The van der Waals surface area contributed by atoms with Crippen molar-refractivity contribution in [2.24, 2.45) is 22.7 Å². The summed E-state index contributed by atoms with van der Waals surface area (Å²) in [6.07, 6.45) is 4.49. The second-order valence-corrected chi connectivity index (χ2v) is 17.5. The minimum Gasteiger partial charge on any atom is -0.511 e. The van der Waals surface area contributed by atoms with E-state index in [-0.39, 0.29) is 51.9 Å². The van der Waals surface area contributed by atoms with Crippen LogP contribution in [0.15, 0.2) is 76.4 Å². The lowest BCUT2D eigenvalue weighted by Crippen LogP contribution is -2.69. The van der Waals surface area contributed by atoms with Gasteiger partial charge in [-0.15, -0.1) is 0 Å². The van der Waals surface area contributed by atoms with Crippen LogP contribution in [0.1, 0.15) is 59.7 Å². The molecule has 2 fully saturated rings. The van der Waals surface area contributed by atoms with Gasteiger partial charge in [-0.25, -0.2) is 0 Å². The third-order valence-corrected chi connectivity index (χ3v) is 15.0. The minimum absolute atomic E-state index is 0.0212. The lowest BCUT2D eigenvalue weighted by atomic mass is 9.57. The summed E-state index contributed by atoms with van der Waals surface area (Å²) in [5, 5.41) is 65.3. The van der Waals surface area contributed by atoms with E-state index in [1.54, 1.807) is 35.9 Å². The van der Waals surface area contributed by atoms with Crippen LogP contribution in [0.4, 0.5) is 0 Å². The molecule has 0 radical (unpaired) electrons. The van der Waals surface area contributed by atoms with Crippen LogP contribution in [0.3, 0.4) is 0 Å². The highest BCUT2D eigenvalue weighted by Crippen LogP contribution is 2.63. The molecule has 11 nitrogen and oxygen atoms in total. The van der Waals surface area contributed by atoms with Gasteiger partial charge in [-0.05, 0) is 55.4 Å². The molecule has 1 aromatic carbocycles. The van der Waals surface area contributed by atoms with E-state index in [1.807, 2.05) is 0 Å². The number of rotatable bonds is 1. The Morgan fingerprint density at radius 3 is 2.80 bits per heavy atom. The Labute approximate surface area is 297 Å². The molecule has 6 heterocycles. The summed E-state index contributed by atoms with van der Waals surface area (Å²) in [4.78, 5) is 29.2. The van der Waals surface area contributed by atoms with Crippen LogP contribution in [-0.4, -0.2) is 91.6 Å². The predicted molar refractivity (Wildman–Crippen MR) is 186 cm³/mol. The third-order valence-electron chi connectivity index (χ3n) is 12.3. The molecule has 4 aliphatic carbocycles. The van der Waals surface area contributed by atoms with Gasteiger partial charge in [0, 0.05) is 35.3 Å². The van der Waals surface area contributed by atoms with Crippen LogP contribution < -0.4 is 15.4 Å². The van der Waals surface area contributed by atoms with Gasteiger partial charge in [-0.3, -0.25) is 9.59 Å². The number of hydrogen-bond acceptors (Lipinski definition) is 13. The molecular formula is C37H40N2O9S2. The summed E-state index contributed by atoms with van der Waals surface area (Å²) in [6, 6.07) is 4.62. The zero-order valence-corrected chi connectivity index (χ0v) is 29.1. The van der Waals surface area contributed by atoms with Gasteiger partial charge in [0.15, 0.2) is 11.6 Å². The molecule has 10 bridgehead atoms. The molecule has 10 unspecified atom stereocenters. The first-order chi connectivity index (χ1) is 24.0. The molecule has 11 rings (SSSR count). The molecule has 2 spiro atoms. The van der Waals surface area contributed by atoms with Gasteiger partial charge < -0.3 is 45.6 Å². The summed E-state index contributed by atoms with van der Waals surface area (Å²) >= 11 is 0. The molecular weight excluding hydrogens is 681 g/mol. The van der Waals surface area contributed by atoms with E-state index in [4.69, 9.17) is 9.47 Å². The smallest absolute Gasteiger partial charge is 0.229 e. The maximum absolute atomic E-state index is 14.9. The van der Waals surface area contributed by atoms with Gasteiger partial charge in [-0.2, -0.15) is 0 Å². The number of nitrogens with one attached hydrogen (secondary N) is 2. The Balaban J connectivity index is 1.23. The fourth-order valence-corrected chi connectivity index (χ4v) is 12.9. The Kier molecular flexibility index (Phi) is 7.54. The highest BCUT2D eigenvalue weighted by atomic mass is 33.1. The fraction of sp³-hybridized carbons (Fsp3) is 0.514.